The van der Waals surface area contributed by atoms with Crippen LogP contribution in [-0.2, 0) is 26.7 Å². The zero-order valence-corrected chi connectivity index (χ0v) is 18.4. The van der Waals surface area contributed by atoms with Gasteiger partial charge in [0.25, 0.3) is 0 Å². The number of nitrogens with one attached hydrogen (secondary N) is 2. The molecule has 33 heavy (non-hydrogen) atoms. The summed E-state index contributed by atoms with van der Waals surface area (Å²) in [5.41, 5.74) is 7.86. The van der Waals surface area contributed by atoms with Gasteiger partial charge in [-0.1, -0.05) is 0 Å². The van der Waals surface area contributed by atoms with Crippen LogP contribution in [0.25, 0.3) is 46.4 Å². The second-order valence-electron chi connectivity index (χ2n) is 7.38. The van der Waals surface area contributed by atoms with E-state index in [0.717, 1.165) is 44.8 Å². The quantitative estimate of drug-likeness (QED) is 0.247. The average Bonchev–Trinajstić information content (AvgIpc) is 3.57. The Morgan fingerprint density at radius 3 is 1.00 bits per heavy atom. The van der Waals surface area contributed by atoms with Crippen LogP contribution >= 0.6 is 0 Å². The summed E-state index contributed by atoms with van der Waals surface area (Å²) < 4.78 is 0. The van der Waals surface area contributed by atoms with Crippen molar-refractivity contribution in [1.82, 2.24) is 19.9 Å². The molecule has 3 aliphatic rings. The van der Waals surface area contributed by atoms with Crippen molar-refractivity contribution >= 4 is 57.9 Å². The fourth-order valence-electron chi connectivity index (χ4n) is 3.38. The summed E-state index contributed by atoms with van der Waals surface area (Å²) in [5, 5.41) is 0. The molecule has 2 aliphatic heterocycles. The third-order valence-electron chi connectivity index (χ3n) is 4.87. The van der Waals surface area contributed by atoms with Gasteiger partial charge in [-0.05, 0) is 97.1 Å². The van der Waals surface area contributed by atoms with Crippen molar-refractivity contribution in [2.75, 3.05) is 0 Å². The molecule has 3 aromatic rings. The van der Waals surface area contributed by atoms with Crippen molar-refractivity contribution in [2.24, 2.45) is 0 Å². The average molecular weight is 474 g/mol. The van der Waals surface area contributed by atoms with E-state index in [1.165, 1.54) is 24.3 Å². The van der Waals surface area contributed by atoms with Crippen molar-refractivity contribution in [3.63, 3.8) is 0 Å². The van der Waals surface area contributed by atoms with E-state index in [0.29, 0.717) is 0 Å². The van der Waals surface area contributed by atoms with Crippen LogP contribution in [0.3, 0.4) is 0 Å². The van der Waals surface area contributed by atoms with E-state index >= 15 is 0 Å². The minimum atomic E-state index is -0.121. The summed E-state index contributed by atoms with van der Waals surface area (Å²) in [4.78, 5) is 36.6. The first-order chi connectivity index (χ1) is 15.6. The van der Waals surface area contributed by atoms with E-state index in [2.05, 4.69) is 44.2 Å². The molecule has 8 bridgehead atoms. The maximum atomic E-state index is 10.3. The number of rotatable bonds is 0. The number of hydrogen-bond donors (Lipinski definition) is 2. The van der Waals surface area contributed by atoms with Gasteiger partial charge in [-0.25, -0.2) is 9.97 Å². The molecule has 0 unspecified atom stereocenters. The Kier molecular flexibility index (Phi) is 6.45. The molecule has 0 saturated carbocycles. The first-order valence-electron chi connectivity index (χ1n) is 10.1. The third kappa shape index (κ3) is 5.60. The van der Waals surface area contributed by atoms with Crippen LogP contribution in [0.1, 0.15) is 22.8 Å². The smallest absolute Gasteiger partial charge is 0.178 e. The third-order valence-corrected chi connectivity index (χ3v) is 4.87. The Morgan fingerprint density at radius 1 is 0.455 bits per heavy atom. The molecule has 0 fully saturated rings. The summed E-state index contributed by atoms with van der Waals surface area (Å²) in [6.07, 6.45) is 13.1. The zero-order chi connectivity index (χ0) is 21.9. The van der Waals surface area contributed by atoms with Crippen LogP contribution in [0.15, 0.2) is 72.8 Å². The molecule has 0 atom stereocenters. The standard InChI is InChI=1S/C20H14N4.C6H4O2.Fe/c1-2-14-10-16-5-6-18(23-16)12-20-8-7-19(24-20)11-17-4-3-15(22-17)9-13(1)21-14;7-5-1-2-6(8)4-3-5;/h1-12,21,24H;1-4H;. The molecule has 6 rings (SSSR count). The minimum Gasteiger partial charge on any atom is -0.355 e. The number of aromatic nitrogens is 4. The molecule has 6 nitrogen and oxygen atoms in total. The molecule has 0 aromatic carbocycles. The largest absolute Gasteiger partial charge is 0.355 e. The topological polar surface area (TPSA) is 91.5 Å². The number of fused-ring (bicyclic) bond motifs is 8. The molecule has 0 spiro atoms. The van der Waals surface area contributed by atoms with E-state index in [1.807, 2.05) is 48.6 Å². The van der Waals surface area contributed by atoms with Crippen LogP contribution in [0.5, 0.6) is 0 Å². The minimum absolute atomic E-state index is 0. The first kappa shape index (κ1) is 22.1. The number of aromatic amines is 2. The Hall–Kier alpha value is -4.06. The van der Waals surface area contributed by atoms with Gasteiger partial charge in [-0.2, -0.15) is 0 Å². The molecular formula is C26H18FeN4O2. The van der Waals surface area contributed by atoms with Crippen LogP contribution in [0.4, 0.5) is 0 Å². The predicted octanol–water partition coefficient (Wildman–Crippen LogP) is 4.90. The molecule has 2 N–H and O–H groups in total. The predicted molar refractivity (Wildman–Crippen MR) is 127 cm³/mol. The number of nitrogens with zero attached hydrogens (tertiary/aromatic N) is 2. The molecule has 162 valence electrons. The van der Waals surface area contributed by atoms with Crippen molar-refractivity contribution in [3.05, 3.63) is 95.6 Å². The summed E-state index contributed by atoms with van der Waals surface area (Å²) in [6, 6.07) is 16.4. The van der Waals surface area contributed by atoms with Crippen molar-refractivity contribution in [3.8, 4) is 0 Å². The number of ketones is 2. The summed E-state index contributed by atoms with van der Waals surface area (Å²) in [7, 11) is 0. The first-order valence-corrected chi connectivity index (χ1v) is 10.1. The molecular weight excluding hydrogens is 456 g/mol. The van der Waals surface area contributed by atoms with Crippen LogP contribution in [0.2, 0.25) is 0 Å². The number of carbonyl (C=O) groups is 2. The van der Waals surface area contributed by atoms with Gasteiger partial charge < -0.3 is 9.97 Å². The second-order valence-corrected chi connectivity index (χ2v) is 7.38. The molecule has 5 heterocycles. The van der Waals surface area contributed by atoms with Crippen molar-refractivity contribution < 1.29 is 26.7 Å². The fraction of sp³-hybridized carbons (Fsp3) is 0. The molecule has 0 radical (unpaired) electrons. The van der Waals surface area contributed by atoms with E-state index in [9.17, 15) is 9.59 Å². The summed E-state index contributed by atoms with van der Waals surface area (Å²) in [5.74, 6) is -0.241. The van der Waals surface area contributed by atoms with Crippen LogP contribution < -0.4 is 0 Å². The fourth-order valence-corrected chi connectivity index (χ4v) is 3.38. The number of carbonyl (C=O) groups excluding carboxylic acids is 2. The number of allylic oxidation sites excluding steroid dienone is 4. The van der Waals surface area contributed by atoms with E-state index in [4.69, 9.17) is 0 Å². The Bertz CT molecular complexity index is 1310. The molecule has 7 heteroatoms. The van der Waals surface area contributed by atoms with Gasteiger partial charge in [0.1, 0.15) is 0 Å². The van der Waals surface area contributed by atoms with E-state index in [1.54, 1.807) is 0 Å². The monoisotopic (exact) mass is 474 g/mol. The van der Waals surface area contributed by atoms with E-state index in [-0.39, 0.29) is 28.6 Å². The van der Waals surface area contributed by atoms with Gasteiger partial charge in [0, 0.05) is 39.1 Å². The van der Waals surface area contributed by atoms with Crippen molar-refractivity contribution in [1.29, 1.82) is 0 Å². The normalized spacial score (nSPS) is 13.5. The molecule has 0 saturated heterocycles. The second kappa shape index (κ2) is 9.61. The molecule has 0 amide bonds. The Labute approximate surface area is 200 Å². The van der Waals surface area contributed by atoms with Gasteiger partial charge in [-0.3, -0.25) is 9.59 Å². The van der Waals surface area contributed by atoms with Crippen LogP contribution in [-0.4, -0.2) is 31.5 Å². The SMILES string of the molecule is C1=Cc2cc3ccc(cc4nc(cc5ccc(cc1n2)[nH]5)C=C4)[nH]3.O=C1C=CC(=O)C=C1.[Fe]. The Balaban J connectivity index is 0.000000247. The van der Waals surface area contributed by atoms with E-state index < -0.39 is 0 Å². The zero-order valence-electron chi connectivity index (χ0n) is 17.3. The van der Waals surface area contributed by atoms with Crippen LogP contribution in [0, 0.1) is 0 Å². The van der Waals surface area contributed by atoms with Gasteiger partial charge >= 0.3 is 0 Å². The van der Waals surface area contributed by atoms with Gasteiger partial charge in [-0.15, -0.1) is 0 Å². The maximum Gasteiger partial charge on any atom is 0.178 e. The van der Waals surface area contributed by atoms with Gasteiger partial charge in [0.05, 0.1) is 22.8 Å². The van der Waals surface area contributed by atoms with Gasteiger partial charge in [0.15, 0.2) is 11.6 Å². The molecule has 3 aromatic heterocycles. The number of H-pyrrole nitrogens is 2. The number of hydrogen-bond acceptors (Lipinski definition) is 4. The Morgan fingerprint density at radius 2 is 0.727 bits per heavy atom. The summed E-state index contributed by atoms with van der Waals surface area (Å²) >= 11 is 0. The van der Waals surface area contributed by atoms with Gasteiger partial charge in [0.2, 0.25) is 0 Å². The summed E-state index contributed by atoms with van der Waals surface area (Å²) in [6.45, 7) is 0. The molecule has 1 aliphatic carbocycles. The maximum absolute atomic E-state index is 10.3. The van der Waals surface area contributed by atoms with Crippen molar-refractivity contribution in [2.45, 2.75) is 0 Å².